The monoisotopic (exact) mass is 190 g/mol. The Bertz CT molecular complexity index is 280. The molecule has 2 N–H and O–H groups in total. The van der Waals surface area contributed by atoms with Crippen molar-refractivity contribution < 1.29 is 0 Å². The lowest BCUT2D eigenvalue weighted by Crippen LogP contribution is -2.36. The molecule has 1 aromatic rings. The zero-order valence-electron chi connectivity index (χ0n) is 8.69. The molecular weight excluding hydrogens is 172 g/mol. The smallest absolute Gasteiger partial charge is 0.0364 e. The number of hydrogen-bond donors (Lipinski definition) is 1. The molecule has 0 spiro atoms. The molecule has 2 nitrogen and oxygen atoms in total. The van der Waals surface area contributed by atoms with Crippen molar-refractivity contribution in [3.63, 3.8) is 0 Å². The van der Waals surface area contributed by atoms with Crippen molar-refractivity contribution in [1.82, 2.24) is 0 Å². The van der Waals surface area contributed by atoms with E-state index in [0.717, 1.165) is 12.5 Å². The second-order valence-electron chi connectivity index (χ2n) is 4.22. The van der Waals surface area contributed by atoms with Gasteiger partial charge in [0, 0.05) is 25.3 Å². The maximum absolute atomic E-state index is 6.08. The van der Waals surface area contributed by atoms with Gasteiger partial charge < -0.3 is 10.6 Å². The maximum Gasteiger partial charge on any atom is 0.0364 e. The van der Waals surface area contributed by atoms with Crippen LogP contribution in [0.25, 0.3) is 0 Å². The minimum atomic E-state index is 0.347. The fraction of sp³-hybridized carbons (Fsp3) is 0.500. The van der Waals surface area contributed by atoms with Crippen molar-refractivity contribution in [2.45, 2.75) is 18.9 Å². The van der Waals surface area contributed by atoms with Gasteiger partial charge in [-0.3, -0.25) is 0 Å². The standard InChI is InChI=1S/C12H18N2/c1-14(9-12(13)10-7-8-10)11-5-3-2-4-6-11/h2-6,10,12H,7-9,13H2,1H3. The van der Waals surface area contributed by atoms with Crippen LogP contribution in [0.15, 0.2) is 30.3 Å². The van der Waals surface area contributed by atoms with E-state index >= 15 is 0 Å². The predicted octanol–water partition coefficient (Wildman–Crippen LogP) is 1.86. The van der Waals surface area contributed by atoms with Crippen LogP contribution in [0.1, 0.15) is 12.8 Å². The topological polar surface area (TPSA) is 29.3 Å². The van der Waals surface area contributed by atoms with E-state index in [1.54, 1.807) is 0 Å². The van der Waals surface area contributed by atoms with Crippen molar-refractivity contribution in [2.24, 2.45) is 11.7 Å². The first-order chi connectivity index (χ1) is 6.77. The van der Waals surface area contributed by atoms with Crippen LogP contribution in [-0.4, -0.2) is 19.6 Å². The predicted molar refractivity (Wildman–Crippen MR) is 60.4 cm³/mol. The van der Waals surface area contributed by atoms with Crippen molar-refractivity contribution in [2.75, 3.05) is 18.5 Å². The summed E-state index contributed by atoms with van der Waals surface area (Å²) in [5.41, 5.74) is 7.33. The number of nitrogens with two attached hydrogens (primary N) is 1. The highest BCUT2D eigenvalue weighted by Crippen LogP contribution is 2.32. The van der Waals surface area contributed by atoms with Crippen LogP contribution in [-0.2, 0) is 0 Å². The van der Waals surface area contributed by atoms with Crippen molar-refractivity contribution >= 4 is 5.69 Å². The van der Waals surface area contributed by atoms with E-state index in [9.17, 15) is 0 Å². The summed E-state index contributed by atoms with van der Waals surface area (Å²) in [6.45, 7) is 0.967. The van der Waals surface area contributed by atoms with E-state index < -0.39 is 0 Å². The molecule has 2 heteroatoms. The molecule has 14 heavy (non-hydrogen) atoms. The van der Waals surface area contributed by atoms with Crippen LogP contribution in [0.5, 0.6) is 0 Å². The van der Waals surface area contributed by atoms with Crippen molar-refractivity contribution in [3.8, 4) is 0 Å². The van der Waals surface area contributed by atoms with Crippen molar-refractivity contribution in [3.05, 3.63) is 30.3 Å². The number of rotatable bonds is 4. The van der Waals surface area contributed by atoms with Crippen LogP contribution in [0.3, 0.4) is 0 Å². The second-order valence-corrected chi connectivity index (χ2v) is 4.22. The normalized spacial score (nSPS) is 17.9. The quantitative estimate of drug-likeness (QED) is 0.785. The highest BCUT2D eigenvalue weighted by Gasteiger charge is 2.28. The molecule has 1 fully saturated rings. The van der Waals surface area contributed by atoms with Gasteiger partial charge in [-0.05, 0) is 30.9 Å². The van der Waals surface area contributed by atoms with Gasteiger partial charge in [0.15, 0.2) is 0 Å². The Balaban J connectivity index is 1.91. The minimum absolute atomic E-state index is 0.347. The fourth-order valence-corrected chi connectivity index (χ4v) is 1.78. The third kappa shape index (κ3) is 2.26. The van der Waals surface area contributed by atoms with Gasteiger partial charge in [-0.2, -0.15) is 0 Å². The summed E-state index contributed by atoms with van der Waals surface area (Å²) in [6, 6.07) is 10.8. The molecule has 1 unspecified atom stereocenters. The van der Waals surface area contributed by atoms with Crippen LogP contribution in [0.2, 0.25) is 0 Å². The van der Waals surface area contributed by atoms with E-state index in [-0.39, 0.29) is 0 Å². The molecule has 0 bridgehead atoms. The van der Waals surface area contributed by atoms with E-state index in [2.05, 4.69) is 36.2 Å². The van der Waals surface area contributed by atoms with Gasteiger partial charge in [0.1, 0.15) is 0 Å². The molecule has 76 valence electrons. The number of hydrogen-bond acceptors (Lipinski definition) is 2. The van der Waals surface area contributed by atoms with Gasteiger partial charge in [0.05, 0.1) is 0 Å². The average Bonchev–Trinajstić information content (AvgIpc) is 3.02. The minimum Gasteiger partial charge on any atom is -0.373 e. The van der Waals surface area contributed by atoms with Gasteiger partial charge >= 0.3 is 0 Å². The Morgan fingerprint density at radius 3 is 2.57 bits per heavy atom. The van der Waals surface area contributed by atoms with E-state index in [1.807, 2.05) is 6.07 Å². The molecule has 1 atom stereocenters. The SMILES string of the molecule is CN(CC(N)C1CC1)c1ccccc1. The summed E-state index contributed by atoms with van der Waals surface area (Å²) in [7, 11) is 2.11. The molecule has 0 amide bonds. The first kappa shape index (κ1) is 9.53. The number of likely N-dealkylation sites (N-methyl/N-ethyl adjacent to an activating group) is 1. The molecule has 1 aromatic carbocycles. The average molecular weight is 190 g/mol. The van der Waals surface area contributed by atoms with Crippen LogP contribution in [0.4, 0.5) is 5.69 Å². The zero-order valence-corrected chi connectivity index (χ0v) is 8.69. The van der Waals surface area contributed by atoms with Gasteiger partial charge in [-0.1, -0.05) is 18.2 Å². The highest BCUT2D eigenvalue weighted by atomic mass is 15.1. The Labute approximate surface area is 85.7 Å². The lowest BCUT2D eigenvalue weighted by atomic mass is 10.2. The maximum atomic E-state index is 6.08. The summed E-state index contributed by atoms with van der Waals surface area (Å²) in [5.74, 6) is 0.779. The lowest BCUT2D eigenvalue weighted by Gasteiger charge is -2.23. The number of para-hydroxylation sites is 1. The fourth-order valence-electron chi connectivity index (χ4n) is 1.78. The highest BCUT2D eigenvalue weighted by molar-refractivity contribution is 5.45. The Morgan fingerprint density at radius 2 is 2.00 bits per heavy atom. The van der Waals surface area contributed by atoms with Crippen LogP contribution < -0.4 is 10.6 Å². The van der Waals surface area contributed by atoms with E-state index in [0.29, 0.717) is 6.04 Å². The molecule has 0 heterocycles. The molecule has 0 aliphatic heterocycles. The number of benzene rings is 1. The second kappa shape index (κ2) is 4.01. The zero-order chi connectivity index (χ0) is 9.97. The Kier molecular flexibility index (Phi) is 2.73. The summed E-state index contributed by atoms with van der Waals surface area (Å²) in [5, 5.41) is 0. The number of nitrogens with zero attached hydrogens (tertiary/aromatic N) is 1. The molecule has 2 rings (SSSR count). The first-order valence-corrected chi connectivity index (χ1v) is 5.29. The van der Waals surface area contributed by atoms with Crippen LogP contribution in [0, 0.1) is 5.92 Å². The third-order valence-corrected chi connectivity index (χ3v) is 2.91. The van der Waals surface area contributed by atoms with Gasteiger partial charge in [-0.15, -0.1) is 0 Å². The van der Waals surface area contributed by atoms with Gasteiger partial charge in [0.25, 0.3) is 0 Å². The summed E-state index contributed by atoms with van der Waals surface area (Å²) in [4.78, 5) is 2.24. The van der Waals surface area contributed by atoms with Crippen LogP contribution >= 0.6 is 0 Å². The largest absolute Gasteiger partial charge is 0.373 e. The molecular formula is C12H18N2. The molecule has 0 radical (unpaired) electrons. The Morgan fingerprint density at radius 1 is 1.36 bits per heavy atom. The molecule has 0 saturated heterocycles. The molecule has 1 aliphatic carbocycles. The molecule has 0 aromatic heterocycles. The van der Waals surface area contributed by atoms with Gasteiger partial charge in [-0.25, -0.2) is 0 Å². The summed E-state index contributed by atoms with van der Waals surface area (Å²) >= 11 is 0. The van der Waals surface area contributed by atoms with Gasteiger partial charge in [0.2, 0.25) is 0 Å². The summed E-state index contributed by atoms with van der Waals surface area (Å²) < 4.78 is 0. The molecule has 1 saturated carbocycles. The summed E-state index contributed by atoms with van der Waals surface area (Å²) in [6.07, 6.45) is 2.65. The van der Waals surface area contributed by atoms with E-state index in [1.165, 1.54) is 18.5 Å². The Hall–Kier alpha value is -1.02. The third-order valence-electron chi connectivity index (χ3n) is 2.91. The first-order valence-electron chi connectivity index (χ1n) is 5.29. The number of anilines is 1. The van der Waals surface area contributed by atoms with Crippen molar-refractivity contribution in [1.29, 1.82) is 0 Å². The molecule has 1 aliphatic rings. The lowest BCUT2D eigenvalue weighted by molar-refractivity contribution is 0.589. The van der Waals surface area contributed by atoms with E-state index in [4.69, 9.17) is 5.73 Å².